The summed E-state index contributed by atoms with van der Waals surface area (Å²) in [5.41, 5.74) is 0.612. The molecule has 23 heavy (non-hydrogen) atoms. The Morgan fingerprint density at radius 2 is 1.65 bits per heavy atom. The molecule has 0 atom stereocenters. The van der Waals surface area contributed by atoms with E-state index in [0.717, 1.165) is 4.31 Å². The zero-order valence-corrected chi connectivity index (χ0v) is 12.9. The Hall–Kier alpha value is -2.74. The van der Waals surface area contributed by atoms with Crippen LogP contribution in [0.2, 0.25) is 0 Å². The average Bonchev–Trinajstić information content (AvgIpc) is 2.55. The summed E-state index contributed by atoms with van der Waals surface area (Å²) in [6.07, 6.45) is -0.325. The van der Waals surface area contributed by atoms with Crippen LogP contribution < -0.4 is 9.48 Å². The molecular formula is C15H15N2O5S+. The van der Waals surface area contributed by atoms with Gasteiger partial charge in [-0.25, -0.2) is 8.42 Å². The highest BCUT2D eigenvalue weighted by Gasteiger charge is 2.25. The summed E-state index contributed by atoms with van der Waals surface area (Å²) in [7, 11) is -3.93. The molecule has 2 rings (SSSR count). The fraction of sp³-hybridized carbons (Fsp3) is 0.133. The Labute approximate surface area is 133 Å². The Morgan fingerprint density at radius 1 is 1.04 bits per heavy atom. The number of anilines is 1. The Kier molecular flexibility index (Phi) is 5.07. The molecule has 7 nitrogen and oxygen atoms in total. The highest BCUT2D eigenvalue weighted by atomic mass is 32.2. The van der Waals surface area contributed by atoms with E-state index in [9.17, 15) is 18.1 Å². The minimum atomic E-state index is -3.93. The number of para-hydroxylation sites is 1. The molecule has 0 aromatic heterocycles. The molecule has 0 fully saturated rings. The number of carboxylic acid groups (broad SMARTS) is 1. The lowest BCUT2D eigenvalue weighted by Gasteiger charge is -2.23. The third kappa shape index (κ3) is 3.92. The van der Waals surface area contributed by atoms with Crippen LogP contribution in [0.15, 0.2) is 59.5 Å². The number of benzene rings is 2. The van der Waals surface area contributed by atoms with Crippen LogP contribution in [0, 0.1) is 4.91 Å². The molecular weight excluding hydrogens is 320 g/mol. The van der Waals surface area contributed by atoms with Crippen molar-refractivity contribution in [2.75, 3.05) is 10.8 Å². The van der Waals surface area contributed by atoms with Crippen LogP contribution in [-0.4, -0.2) is 26.0 Å². The Bertz CT molecular complexity index is 788. The van der Waals surface area contributed by atoms with Gasteiger partial charge in [-0.1, -0.05) is 18.2 Å². The first kappa shape index (κ1) is 16.6. The number of nitroso groups, excluding NO2 is 1. The second kappa shape index (κ2) is 7.01. The summed E-state index contributed by atoms with van der Waals surface area (Å²) < 4.78 is 26.6. The lowest BCUT2D eigenvalue weighted by molar-refractivity contribution is -0.379. The molecule has 0 bridgehead atoms. The van der Waals surface area contributed by atoms with Gasteiger partial charge >= 0.3 is 5.97 Å². The molecule has 2 N–H and O–H groups in total. The number of rotatable bonds is 7. The van der Waals surface area contributed by atoms with Crippen molar-refractivity contribution in [2.45, 2.75) is 11.3 Å². The maximum atomic E-state index is 12.8. The number of nitrogens with one attached hydrogen (secondary N) is 1. The molecule has 0 saturated carbocycles. The van der Waals surface area contributed by atoms with Crippen molar-refractivity contribution in [1.29, 1.82) is 0 Å². The van der Waals surface area contributed by atoms with E-state index in [-0.39, 0.29) is 23.5 Å². The van der Waals surface area contributed by atoms with Crippen LogP contribution in [0.25, 0.3) is 0 Å². The summed E-state index contributed by atoms with van der Waals surface area (Å²) in [6, 6.07) is 13.5. The van der Waals surface area contributed by atoms with E-state index in [0.29, 0.717) is 5.69 Å². The van der Waals surface area contributed by atoms with Gasteiger partial charge in [-0.2, -0.15) is 0 Å². The number of hydrogen-bond acceptors (Lipinski definition) is 4. The second-order valence-electron chi connectivity index (χ2n) is 4.68. The van der Waals surface area contributed by atoms with Crippen LogP contribution >= 0.6 is 0 Å². The topological polar surface area (TPSA) is 106 Å². The number of sulfonamides is 1. The summed E-state index contributed by atoms with van der Waals surface area (Å²) in [4.78, 5) is 21.3. The monoisotopic (exact) mass is 335 g/mol. The SMILES string of the molecule is O=[NH+]c1ccc(S(=O)(=O)N(CCC(=O)O)c2ccccc2)cc1. The van der Waals surface area contributed by atoms with Crippen molar-refractivity contribution in [1.82, 2.24) is 0 Å². The van der Waals surface area contributed by atoms with Crippen LogP contribution in [0.5, 0.6) is 0 Å². The number of carbonyl (C=O) groups is 1. The normalized spacial score (nSPS) is 11.0. The number of carboxylic acids is 1. The van der Waals surface area contributed by atoms with Gasteiger partial charge in [-0.15, -0.1) is 0 Å². The standard InChI is InChI=1S/C15H14N2O5S/c18-15(19)10-11-17(13-4-2-1-3-5-13)23(21,22)14-8-6-12(16-20)7-9-14/h1-9H,10-11H2,(H,18,19)/p+1. The fourth-order valence-corrected chi connectivity index (χ4v) is 3.47. The molecule has 0 aliphatic rings. The van der Waals surface area contributed by atoms with Crippen molar-refractivity contribution in [3.05, 3.63) is 59.5 Å². The lowest BCUT2D eigenvalue weighted by atomic mass is 10.3. The van der Waals surface area contributed by atoms with Gasteiger partial charge in [0, 0.05) is 28.8 Å². The van der Waals surface area contributed by atoms with Gasteiger partial charge in [0.05, 0.1) is 17.0 Å². The van der Waals surface area contributed by atoms with E-state index in [1.165, 1.54) is 24.3 Å². The van der Waals surface area contributed by atoms with Crippen molar-refractivity contribution in [3.63, 3.8) is 0 Å². The van der Waals surface area contributed by atoms with E-state index >= 15 is 0 Å². The maximum absolute atomic E-state index is 12.8. The van der Waals surface area contributed by atoms with Gasteiger partial charge in [-0.3, -0.25) is 9.10 Å². The molecule has 0 aliphatic heterocycles. The first-order valence-corrected chi connectivity index (χ1v) is 8.17. The predicted molar refractivity (Wildman–Crippen MR) is 83.7 cm³/mol. The van der Waals surface area contributed by atoms with Gasteiger partial charge in [-0.05, 0) is 24.3 Å². The van der Waals surface area contributed by atoms with Crippen LogP contribution in [0.4, 0.5) is 11.4 Å². The number of nitrogens with zero attached hydrogens (tertiary/aromatic N) is 1. The van der Waals surface area contributed by atoms with Gasteiger partial charge in [0.2, 0.25) is 0 Å². The Balaban J connectivity index is 2.43. The van der Waals surface area contributed by atoms with Crippen molar-refractivity contribution < 1.29 is 23.5 Å². The Morgan fingerprint density at radius 3 is 2.17 bits per heavy atom. The van der Waals surface area contributed by atoms with Crippen LogP contribution in [-0.2, 0) is 14.8 Å². The first-order chi connectivity index (χ1) is 10.9. The fourth-order valence-electron chi connectivity index (χ4n) is 2.00. The molecule has 8 heteroatoms. The highest BCUT2D eigenvalue weighted by molar-refractivity contribution is 7.92. The molecule has 0 amide bonds. The maximum Gasteiger partial charge on any atom is 0.305 e. The van der Waals surface area contributed by atoms with Gasteiger partial charge in [0.25, 0.3) is 15.7 Å². The zero-order valence-electron chi connectivity index (χ0n) is 12.0. The summed E-state index contributed by atoms with van der Waals surface area (Å²) in [6.45, 7) is -0.191. The molecule has 2 aromatic rings. The third-order valence-electron chi connectivity index (χ3n) is 3.13. The quantitative estimate of drug-likeness (QED) is 0.780. The smallest absolute Gasteiger partial charge is 0.305 e. The van der Waals surface area contributed by atoms with Crippen LogP contribution in [0.1, 0.15) is 6.42 Å². The minimum Gasteiger partial charge on any atom is -0.481 e. The first-order valence-electron chi connectivity index (χ1n) is 6.73. The summed E-state index contributed by atoms with van der Waals surface area (Å²) in [5.74, 6) is -1.09. The number of hydrogen-bond donors (Lipinski definition) is 2. The molecule has 120 valence electrons. The summed E-state index contributed by atoms with van der Waals surface area (Å²) >= 11 is 0. The largest absolute Gasteiger partial charge is 0.481 e. The van der Waals surface area contributed by atoms with Gasteiger partial charge in [0.15, 0.2) is 0 Å². The highest BCUT2D eigenvalue weighted by Crippen LogP contribution is 2.24. The van der Waals surface area contributed by atoms with Crippen molar-refractivity contribution in [2.24, 2.45) is 0 Å². The number of aliphatic carboxylic acids is 1. The van der Waals surface area contributed by atoms with Crippen LogP contribution in [0.3, 0.4) is 0 Å². The minimum absolute atomic E-state index is 0.0225. The van der Waals surface area contributed by atoms with E-state index in [1.807, 2.05) is 0 Å². The molecule has 0 radical (unpaired) electrons. The van der Waals surface area contributed by atoms with E-state index < -0.39 is 16.0 Å². The van der Waals surface area contributed by atoms with E-state index in [4.69, 9.17) is 5.11 Å². The van der Waals surface area contributed by atoms with E-state index in [1.54, 1.807) is 35.5 Å². The molecule has 2 aromatic carbocycles. The van der Waals surface area contributed by atoms with Crippen molar-refractivity contribution in [3.8, 4) is 0 Å². The van der Waals surface area contributed by atoms with Crippen molar-refractivity contribution >= 4 is 27.4 Å². The molecule has 0 heterocycles. The molecule has 0 spiro atoms. The molecule has 0 saturated heterocycles. The molecule has 0 unspecified atom stereocenters. The second-order valence-corrected chi connectivity index (χ2v) is 6.55. The van der Waals surface area contributed by atoms with Gasteiger partial charge in [0.1, 0.15) is 0 Å². The van der Waals surface area contributed by atoms with E-state index in [2.05, 4.69) is 0 Å². The van der Waals surface area contributed by atoms with Gasteiger partial charge < -0.3 is 5.11 Å². The zero-order chi connectivity index (χ0) is 16.9. The molecule has 0 aliphatic carbocycles. The third-order valence-corrected chi connectivity index (χ3v) is 4.97. The average molecular weight is 335 g/mol. The summed E-state index contributed by atoms with van der Waals surface area (Å²) in [5, 5.41) is 10.5. The predicted octanol–water partition coefficient (Wildman–Crippen LogP) is 0.835. The lowest BCUT2D eigenvalue weighted by Crippen LogP contribution is -2.55.